The molecule has 3 heteroatoms. The van der Waals surface area contributed by atoms with Gasteiger partial charge in [0.15, 0.2) is 0 Å². The predicted octanol–water partition coefficient (Wildman–Crippen LogP) is 4.08. The van der Waals surface area contributed by atoms with E-state index in [1.165, 1.54) is 24.8 Å². The molecule has 1 aliphatic carbocycles. The molecule has 1 aromatic carbocycles. The van der Waals surface area contributed by atoms with Crippen molar-refractivity contribution < 1.29 is 4.79 Å². The van der Waals surface area contributed by atoms with E-state index in [4.69, 9.17) is 0 Å². The van der Waals surface area contributed by atoms with Crippen LogP contribution in [0.15, 0.2) is 18.2 Å². The molecule has 1 saturated carbocycles. The van der Waals surface area contributed by atoms with Gasteiger partial charge in [0, 0.05) is 25.3 Å². The lowest BCUT2D eigenvalue weighted by Crippen LogP contribution is -2.37. The maximum absolute atomic E-state index is 12.8. The first kappa shape index (κ1) is 15.9. The number of rotatable bonds is 7. The summed E-state index contributed by atoms with van der Waals surface area (Å²) in [5.74, 6) is 0.884. The highest BCUT2D eigenvalue weighted by Crippen LogP contribution is 2.28. The molecule has 1 aromatic rings. The molecule has 21 heavy (non-hydrogen) atoms. The van der Waals surface area contributed by atoms with Crippen LogP contribution in [0.1, 0.15) is 55.5 Å². The Bertz CT molecular complexity index is 480. The minimum absolute atomic E-state index is 0.169. The van der Waals surface area contributed by atoms with Crippen LogP contribution < -0.4 is 5.32 Å². The molecule has 116 valence electrons. The van der Waals surface area contributed by atoms with Crippen LogP contribution in [0.2, 0.25) is 0 Å². The van der Waals surface area contributed by atoms with Gasteiger partial charge in [0.1, 0.15) is 0 Å². The van der Waals surface area contributed by atoms with Gasteiger partial charge in [-0.25, -0.2) is 0 Å². The Balaban J connectivity index is 2.15. The lowest BCUT2D eigenvalue weighted by molar-refractivity contribution is 0.0707. The normalized spacial score (nSPS) is 14.6. The van der Waals surface area contributed by atoms with Crippen LogP contribution in [0, 0.1) is 12.8 Å². The van der Waals surface area contributed by atoms with Crippen LogP contribution in [-0.4, -0.2) is 30.4 Å². The van der Waals surface area contributed by atoms with E-state index in [0.717, 1.165) is 37.3 Å². The standard InChI is InChI=1S/C18H28N2O/c1-4-11-19-17-12-14(3)9-10-16(17)18(21)20(5-2)13-15-7-6-8-15/h9-10,12,15,19H,4-8,11,13H2,1-3H3. The summed E-state index contributed by atoms with van der Waals surface area (Å²) in [6.45, 7) is 8.88. The number of hydrogen-bond donors (Lipinski definition) is 1. The summed E-state index contributed by atoms with van der Waals surface area (Å²) in [6.07, 6.45) is 4.93. The second kappa shape index (κ2) is 7.48. The van der Waals surface area contributed by atoms with Crippen LogP contribution in [0.25, 0.3) is 0 Å². The van der Waals surface area contributed by atoms with Crippen molar-refractivity contribution in [3.05, 3.63) is 29.3 Å². The second-order valence-corrected chi connectivity index (χ2v) is 6.12. The molecular formula is C18H28N2O. The maximum atomic E-state index is 12.8. The summed E-state index contributed by atoms with van der Waals surface area (Å²) in [4.78, 5) is 14.8. The lowest BCUT2D eigenvalue weighted by Gasteiger charge is -2.32. The third kappa shape index (κ3) is 3.99. The average molecular weight is 288 g/mol. The van der Waals surface area contributed by atoms with Crippen LogP contribution in [0.5, 0.6) is 0 Å². The number of nitrogens with zero attached hydrogens (tertiary/aromatic N) is 1. The van der Waals surface area contributed by atoms with Crippen molar-refractivity contribution in [2.45, 2.75) is 46.5 Å². The van der Waals surface area contributed by atoms with E-state index in [0.29, 0.717) is 5.92 Å². The Morgan fingerprint density at radius 3 is 2.67 bits per heavy atom. The SMILES string of the molecule is CCCNc1cc(C)ccc1C(=O)N(CC)CC1CCC1. The van der Waals surface area contributed by atoms with Gasteiger partial charge in [-0.2, -0.15) is 0 Å². The van der Waals surface area contributed by atoms with Crippen molar-refractivity contribution >= 4 is 11.6 Å². The van der Waals surface area contributed by atoms with Gasteiger partial charge in [-0.3, -0.25) is 4.79 Å². The highest BCUT2D eigenvalue weighted by molar-refractivity contribution is 5.99. The molecule has 1 N–H and O–H groups in total. The molecule has 1 aliphatic rings. The summed E-state index contributed by atoms with van der Waals surface area (Å²) in [5.41, 5.74) is 2.98. The molecule has 0 unspecified atom stereocenters. The Kier molecular flexibility index (Phi) is 5.66. The molecule has 1 amide bonds. The van der Waals surface area contributed by atoms with Crippen LogP contribution in [-0.2, 0) is 0 Å². The molecule has 0 atom stereocenters. The summed E-state index contributed by atoms with van der Waals surface area (Å²) in [7, 11) is 0. The fourth-order valence-electron chi connectivity index (χ4n) is 2.76. The summed E-state index contributed by atoms with van der Waals surface area (Å²) in [6, 6.07) is 6.08. The van der Waals surface area contributed by atoms with Crippen molar-refractivity contribution in [2.24, 2.45) is 5.92 Å². The zero-order valence-corrected chi connectivity index (χ0v) is 13.6. The van der Waals surface area contributed by atoms with E-state index in [-0.39, 0.29) is 5.91 Å². The van der Waals surface area contributed by atoms with E-state index in [1.807, 2.05) is 17.0 Å². The van der Waals surface area contributed by atoms with Gasteiger partial charge in [0.2, 0.25) is 0 Å². The van der Waals surface area contributed by atoms with Crippen LogP contribution in [0.4, 0.5) is 5.69 Å². The molecule has 3 nitrogen and oxygen atoms in total. The fraction of sp³-hybridized carbons (Fsp3) is 0.611. The number of nitrogens with one attached hydrogen (secondary N) is 1. The van der Waals surface area contributed by atoms with Crippen molar-refractivity contribution in [2.75, 3.05) is 25.0 Å². The molecule has 0 aliphatic heterocycles. The van der Waals surface area contributed by atoms with Crippen LogP contribution in [0.3, 0.4) is 0 Å². The van der Waals surface area contributed by atoms with Gasteiger partial charge < -0.3 is 10.2 Å². The highest BCUT2D eigenvalue weighted by Gasteiger charge is 2.24. The van der Waals surface area contributed by atoms with Gasteiger partial charge >= 0.3 is 0 Å². The van der Waals surface area contributed by atoms with E-state index >= 15 is 0 Å². The van der Waals surface area contributed by atoms with Gasteiger partial charge in [0.05, 0.1) is 5.56 Å². The van der Waals surface area contributed by atoms with E-state index in [2.05, 4.69) is 32.2 Å². The Morgan fingerprint density at radius 2 is 2.10 bits per heavy atom. The molecule has 0 saturated heterocycles. The van der Waals surface area contributed by atoms with E-state index in [1.54, 1.807) is 0 Å². The third-order valence-corrected chi connectivity index (χ3v) is 4.34. The molecule has 0 radical (unpaired) electrons. The second-order valence-electron chi connectivity index (χ2n) is 6.12. The summed E-state index contributed by atoms with van der Waals surface area (Å²) < 4.78 is 0. The Labute approximate surface area is 128 Å². The van der Waals surface area contributed by atoms with E-state index < -0.39 is 0 Å². The topological polar surface area (TPSA) is 32.3 Å². The third-order valence-electron chi connectivity index (χ3n) is 4.34. The fourth-order valence-corrected chi connectivity index (χ4v) is 2.76. The van der Waals surface area contributed by atoms with Gasteiger partial charge in [-0.05, 0) is 56.7 Å². The maximum Gasteiger partial charge on any atom is 0.255 e. The van der Waals surface area contributed by atoms with Crippen LogP contribution >= 0.6 is 0 Å². The first-order valence-corrected chi connectivity index (χ1v) is 8.29. The van der Waals surface area contributed by atoms with Gasteiger partial charge in [0.25, 0.3) is 5.91 Å². The minimum atomic E-state index is 0.169. The van der Waals surface area contributed by atoms with Crippen molar-refractivity contribution in [1.29, 1.82) is 0 Å². The molecule has 1 fully saturated rings. The monoisotopic (exact) mass is 288 g/mol. The van der Waals surface area contributed by atoms with Gasteiger partial charge in [-0.15, -0.1) is 0 Å². The number of carbonyl (C=O) groups excluding carboxylic acids is 1. The first-order chi connectivity index (χ1) is 10.2. The molecule has 0 heterocycles. The average Bonchev–Trinajstić information content (AvgIpc) is 2.43. The summed E-state index contributed by atoms with van der Waals surface area (Å²) >= 11 is 0. The highest BCUT2D eigenvalue weighted by atomic mass is 16.2. The molecule has 0 aromatic heterocycles. The number of aryl methyl sites for hydroxylation is 1. The number of hydrogen-bond acceptors (Lipinski definition) is 2. The number of anilines is 1. The summed E-state index contributed by atoms with van der Waals surface area (Å²) in [5, 5.41) is 3.40. The molecule has 2 rings (SSSR count). The minimum Gasteiger partial charge on any atom is -0.384 e. The van der Waals surface area contributed by atoms with Crippen molar-refractivity contribution in [3.63, 3.8) is 0 Å². The number of benzene rings is 1. The van der Waals surface area contributed by atoms with Crippen molar-refractivity contribution in [3.8, 4) is 0 Å². The molecule has 0 spiro atoms. The quantitative estimate of drug-likeness (QED) is 0.820. The smallest absolute Gasteiger partial charge is 0.255 e. The van der Waals surface area contributed by atoms with Crippen molar-refractivity contribution in [1.82, 2.24) is 4.90 Å². The largest absolute Gasteiger partial charge is 0.384 e. The lowest BCUT2D eigenvalue weighted by atomic mass is 9.85. The zero-order valence-electron chi connectivity index (χ0n) is 13.6. The Hall–Kier alpha value is -1.51. The predicted molar refractivity (Wildman–Crippen MR) is 88.9 cm³/mol. The number of carbonyl (C=O) groups is 1. The Morgan fingerprint density at radius 1 is 1.33 bits per heavy atom. The zero-order chi connectivity index (χ0) is 15.2. The molecular weight excluding hydrogens is 260 g/mol. The first-order valence-electron chi connectivity index (χ1n) is 8.29. The number of amides is 1. The van der Waals surface area contributed by atoms with Gasteiger partial charge in [-0.1, -0.05) is 19.4 Å². The molecule has 0 bridgehead atoms. The van der Waals surface area contributed by atoms with E-state index in [9.17, 15) is 4.79 Å².